The lowest BCUT2D eigenvalue weighted by Crippen LogP contribution is -2.38. The van der Waals surface area contributed by atoms with Crippen LogP contribution in [0.5, 0.6) is 5.75 Å². The van der Waals surface area contributed by atoms with Gasteiger partial charge in [0.05, 0.1) is 25.8 Å². The van der Waals surface area contributed by atoms with E-state index in [1.807, 2.05) is 6.92 Å². The van der Waals surface area contributed by atoms with E-state index >= 15 is 0 Å². The van der Waals surface area contributed by atoms with Gasteiger partial charge in [0.2, 0.25) is 0 Å². The maximum absolute atomic E-state index is 12.6. The van der Waals surface area contributed by atoms with E-state index in [9.17, 15) is 18.0 Å². The highest BCUT2D eigenvalue weighted by Crippen LogP contribution is 2.30. The summed E-state index contributed by atoms with van der Waals surface area (Å²) in [6, 6.07) is 5.09. The van der Waals surface area contributed by atoms with E-state index in [1.165, 1.54) is 14.2 Å². The number of rotatable bonds is 8. The lowest BCUT2D eigenvalue weighted by atomic mass is 10.1. The molecule has 1 aromatic carbocycles. The van der Waals surface area contributed by atoms with Gasteiger partial charge >= 0.3 is 12.1 Å². The number of thiazole rings is 1. The van der Waals surface area contributed by atoms with E-state index < -0.39 is 17.8 Å². The molecule has 2 aromatic rings. The summed E-state index contributed by atoms with van der Waals surface area (Å²) in [5.74, 6) is 0.395. The number of hydrogen-bond donors (Lipinski definition) is 2. The lowest BCUT2D eigenvalue weighted by Gasteiger charge is -2.11. The summed E-state index contributed by atoms with van der Waals surface area (Å²) >= 11 is 0.975. The first-order valence-electron chi connectivity index (χ1n) is 9.07. The van der Waals surface area contributed by atoms with Crippen LogP contribution in [0.15, 0.2) is 28.6 Å². The third-order valence-corrected chi connectivity index (χ3v) is 4.82. The van der Waals surface area contributed by atoms with Crippen LogP contribution in [0.4, 0.5) is 13.2 Å². The Labute approximate surface area is 176 Å². The number of carbonyl (C=O) groups excluding carboxylic acids is 1. The Balaban J connectivity index is 2.00. The van der Waals surface area contributed by atoms with Crippen molar-refractivity contribution in [2.45, 2.75) is 26.1 Å². The quantitative estimate of drug-likeness (QED) is 0.369. The molecule has 11 heteroatoms. The number of methoxy groups -OCH3 is 2. The van der Waals surface area contributed by atoms with Gasteiger partial charge in [0.1, 0.15) is 11.3 Å². The van der Waals surface area contributed by atoms with Gasteiger partial charge < -0.3 is 20.1 Å². The highest BCUT2D eigenvalue weighted by Gasteiger charge is 2.33. The van der Waals surface area contributed by atoms with Crippen molar-refractivity contribution in [3.63, 3.8) is 0 Å². The van der Waals surface area contributed by atoms with Crippen LogP contribution in [-0.2, 0) is 23.9 Å². The number of halogens is 3. The van der Waals surface area contributed by atoms with Crippen molar-refractivity contribution in [3.05, 3.63) is 45.4 Å². The molecule has 0 aliphatic carbocycles. The van der Waals surface area contributed by atoms with Gasteiger partial charge in [-0.1, -0.05) is 6.07 Å². The molecule has 30 heavy (non-hydrogen) atoms. The Morgan fingerprint density at radius 1 is 1.27 bits per heavy atom. The van der Waals surface area contributed by atoms with Crippen LogP contribution in [0.3, 0.4) is 0 Å². The van der Waals surface area contributed by atoms with E-state index in [2.05, 4.69) is 20.6 Å². The maximum atomic E-state index is 12.6. The summed E-state index contributed by atoms with van der Waals surface area (Å²) in [7, 11) is 2.76. The molecule has 0 saturated heterocycles. The largest absolute Gasteiger partial charge is 0.496 e. The number of benzene rings is 1. The summed E-state index contributed by atoms with van der Waals surface area (Å²) in [6.45, 7) is 3.15. The Kier molecular flexibility index (Phi) is 8.46. The summed E-state index contributed by atoms with van der Waals surface area (Å²) in [5, 5.41) is 7.54. The molecule has 0 amide bonds. The molecule has 0 aliphatic rings. The molecular formula is C19H23F3N4O3S. The predicted molar refractivity (Wildman–Crippen MR) is 108 cm³/mol. The first-order chi connectivity index (χ1) is 14.3. The van der Waals surface area contributed by atoms with E-state index in [1.54, 1.807) is 18.2 Å². The van der Waals surface area contributed by atoms with Crippen molar-refractivity contribution in [3.8, 4) is 5.75 Å². The van der Waals surface area contributed by atoms with Gasteiger partial charge in [-0.25, -0.2) is 14.8 Å². The molecule has 0 fully saturated rings. The molecule has 1 aromatic heterocycles. The zero-order valence-corrected chi connectivity index (χ0v) is 17.6. The number of carbonyl (C=O) groups is 1. The van der Waals surface area contributed by atoms with Gasteiger partial charge in [0.15, 0.2) is 11.7 Å². The van der Waals surface area contributed by atoms with Crippen molar-refractivity contribution in [2.24, 2.45) is 4.99 Å². The van der Waals surface area contributed by atoms with Crippen LogP contribution in [-0.4, -0.2) is 44.2 Å². The van der Waals surface area contributed by atoms with E-state index in [0.29, 0.717) is 41.8 Å². The Hall–Kier alpha value is -2.82. The molecule has 0 aliphatic heterocycles. The molecule has 0 atom stereocenters. The molecule has 2 rings (SSSR count). The molecule has 164 valence electrons. The first kappa shape index (κ1) is 23.5. The molecular weight excluding hydrogens is 421 g/mol. The molecule has 0 saturated carbocycles. The van der Waals surface area contributed by atoms with Crippen molar-refractivity contribution < 1.29 is 27.4 Å². The van der Waals surface area contributed by atoms with E-state index in [4.69, 9.17) is 9.47 Å². The van der Waals surface area contributed by atoms with Crippen LogP contribution in [0.25, 0.3) is 0 Å². The molecule has 0 spiro atoms. The zero-order valence-electron chi connectivity index (χ0n) is 16.8. The monoisotopic (exact) mass is 444 g/mol. The highest BCUT2D eigenvalue weighted by molar-refractivity contribution is 7.09. The maximum Gasteiger partial charge on any atom is 0.434 e. The summed E-state index contributed by atoms with van der Waals surface area (Å²) in [4.78, 5) is 19.9. The third-order valence-electron chi connectivity index (χ3n) is 3.91. The number of nitrogens with one attached hydrogen (secondary N) is 2. The number of ether oxygens (including phenoxy) is 2. The minimum absolute atomic E-state index is 0.277. The van der Waals surface area contributed by atoms with Crippen LogP contribution < -0.4 is 15.4 Å². The highest BCUT2D eigenvalue weighted by atomic mass is 32.1. The van der Waals surface area contributed by atoms with Gasteiger partial charge in [-0.05, 0) is 24.6 Å². The fourth-order valence-corrected chi connectivity index (χ4v) is 3.28. The lowest BCUT2D eigenvalue weighted by molar-refractivity contribution is -0.140. The Morgan fingerprint density at radius 2 is 2.03 bits per heavy atom. The number of alkyl halides is 3. The van der Waals surface area contributed by atoms with Gasteiger partial charge in [-0.15, -0.1) is 11.3 Å². The summed E-state index contributed by atoms with van der Waals surface area (Å²) < 4.78 is 47.8. The minimum Gasteiger partial charge on any atom is -0.496 e. The number of guanidine groups is 1. The average molecular weight is 444 g/mol. The predicted octanol–water partition coefficient (Wildman–Crippen LogP) is 3.25. The molecule has 0 bridgehead atoms. The van der Waals surface area contributed by atoms with Crippen molar-refractivity contribution >= 4 is 23.3 Å². The number of aliphatic imine (C=N–C) groups is 1. The molecule has 0 unspecified atom stereocenters. The standard InChI is InChI=1S/C19H23F3N4O3S/c1-4-23-18(24-8-7-16-26-15(11-30-16)19(20,21)22)25-10-12-5-6-14(28-2)13(9-12)17(27)29-3/h5-6,9,11H,4,7-8,10H2,1-3H3,(H2,23,24,25). The van der Waals surface area contributed by atoms with Gasteiger partial charge in [0, 0.05) is 24.9 Å². The van der Waals surface area contributed by atoms with E-state index in [0.717, 1.165) is 22.3 Å². The average Bonchev–Trinajstić information content (AvgIpc) is 3.20. The topological polar surface area (TPSA) is 84.8 Å². The van der Waals surface area contributed by atoms with E-state index in [-0.39, 0.29) is 6.54 Å². The fourth-order valence-electron chi connectivity index (χ4n) is 2.48. The van der Waals surface area contributed by atoms with Gasteiger partial charge in [-0.2, -0.15) is 13.2 Å². The first-order valence-corrected chi connectivity index (χ1v) is 9.95. The number of aromatic nitrogens is 1. The van der Waals surface area contributed by atoms with Crippen molar-refractivity contribution in [1.29, 1.82) is 0 Å². The second-order valence-corrected chi connectivity index (χ2v) is 6.97. The third kappa shape index (κ3) is 6.61. The van der Waals surface area contributed by atoms with Crippen LogP contribution in [0.1, 0.15) is 33.5 Å². The zero-order chi connectivity index (χ0) is 22.1. The minimum atomic E-state index is -4.43. The van der Waals surface area contributed by atoms with Crippen LogP contribution in [0, 0.1) is 0 Å². The molecule has 0 radical (unpaired) electrons. The fraction of sp³-hybridized carbons (Fsp3) is 0.421. The number of esters is 1. The second-order valence-electron chi connectivity index (χ2n) is 6.02. The van der Waals surface area contributed by atoms with Gasteiger partial charge in [-0.3, -0.25) is 0 Å². The number of hydrogen-bond acceptors (Lipinski definition) is 6. The van der Waals surface area contributed by atoms with Gasteiger partial charge in [0.25, 0.3) is 0 Å². The normalized spacial score (nSPS) is 11.9. The molecule has 1 heterocycles. The smallest absolute Gasteiger partial charge is 0.434 e. The molecule has 7 nitrogen and oxygen atoms in total. The SMILES string of the molecule is CCNC(=NCc1ccc(OC)c(C(=O)OC)c1)NCCc1nc(C(F)(F)F)cs1. The second kappa shape index (κ2) is 10.8. The Morgan fingerprint density at radius 3 is 2.63 bits per heavy atom. The van der Waals surface area contributed by atoms with Crippen molar-refractivity contribution in [2.75, 3.05) is 27.3 Å². The Bertz CT molecular complexity index is 884. The summed E-state index contributed by atoms with van der Waals surface area (Å²) in [5.41, 5.74) is 0.196. The van der Waals surface area contributed by atoms with Crippen LogP contribution in [0.2, 0.25) is 0 Å². The van der Waals surface area contributed by atoms with Crippen LogP contribution >= 0.6 is 11.3 Å². The number of nitrogens with zero attached hydrogens (tertiary/aromatic N) is 2. The molecule has 2 N–H and O–H groups in total. The van der Waals surface area contributed by atoms with Crippen molar-refractivity contribution in [1.82, 2.24) is 15.6 Å². The summed E-state index contributed by atoms with van der Waals surface area (Å²) in [6.07, 6.45) is -4.10.